The number of nitrogens with two attached hydrogens (primary N) is 2. The van der Waals surface area contributed by atoms with Gasteiger partial charge in [0.1, 0.15) is 5.82 Å². The lowest BCUT2D eigenvalue weighted by Gasteiger charge is -2.20. The molecule has 2 heterocycles. The van der Waals surface area contributed by atoms with Crippen molar-refractivity contribution in [2.45, 2.75) is 25.9 Å². The summed E-state index contributed by atoms with van der Waals surface area (Å²) in [6.45, 7) is 3.60. The maximum atomic E-state index is 14.4. The van der Waals surface area contributed by atoms with Crippen LogP contribution in [0.25, 0.3) is 5.69 Å². The van der Waals surface area contributed by atoms with Gasteiger partial charge in [-0.15, -0.1) is 5.10 Å². The van der Waals surface area contributed by atoms with Gasteiger partial charge < -0.3 is 22.1 Å². The van der Waals surface area contributed by atoms with Crippen LogP contribution in [-0.2, 0) is 0 Å². The molecule has 0 aliphatic carbocycles. The van der Waals surface area contributed by atoms with Gasteiger partial charge in [0.25, 0.3) is 5.91 Å². The zero-order valence-corrected chi connectivity index (χ0v) is 15.4. The second-order valence-corrected chi connectivity index (χ2v) is 6.39. The van der Waals surface area contributed by atoms with E-state index in [2.05, 4.69) is 25.9 Å². The Morgan fingerprint density at radius 3 is 2.68 bits per heavy atom. The number of amides is 1. The molecule has 6 N–H and O–H groups in total. The fraction of sp³-hybridized carbons (Fsp3) is 0.222. The van der Waals surface area contributed by atoms with Gasteiger partial charge in [-0.3, -0.25) is 4.79 Å². The Labute approximate surface area is 160 Å². The highest BCUT2D eigenvalue weighted by Gasteiger charge is 2.18. The van der Waals surface area contributed by atoms with Crippen LogP contribution in [0, 0.1) is 5.82 Å². The third-order valence-electron chi connectivity index (χ3n) is 4.19. The maximum absolute atomic E-state index is 14.4. The van der Waals surface area contributed by atoms with Crippen molar-refractivity contribution >= 4 is 23.2 Å². The molecule has 0 unspecified atom stereocenters. The van der Waals surface area contributed by atoms with Crippen molar-refractivity contribution in [2.75, 3.05) is 10.6 Å². The third kappa shape index (κ3) is 4.23. The minimum Gasteiger partial charge on any atom is -0.365 e. The molecule has 0 saturated carbocycles. The smallest absolute Gasteiger partial charge is 0.252 e. The van der Waals surface area contributed by atoms with Crippen LogP contribution in [-0.4, -0.2) is 38.0 Å². The summed E-state index contributed by atoms with van der Waals surface area (Å²) in [5, 5.41) is 13.6. The van der Waals surface area contributed by atoms with Gasteiger partial charge in [0.2, 0.25) is 0 Å². The molecule has 28 heavy (non-hydrogen) atoms. The average molecular weight is 384 g/mol. The Bertz CT molecular complexity index is 974. The van der Waals surface area contributed by atoms with E-state index in [-0.39, 0.29) is 29.3 Å². The zero-order valence-electron chi connectivity index (χ0n) is 15.4. The molecule has 3 aromatic rings. The fourth-order valence-corrected chi connectivity index (χ4v) is 2.43. The molecular formula is C18H21FN8O. The molecule has 0 radical (unpaired) electrons. The first kappa shape index (κ1) is 19.2. The number of nitrogens with one attached hydrogen (secondary N) is 2. The lowest BCUT2D eigenvalue weighted by atomic mass is 10.1. The van der Waals surface area contributed by atoms with Gasteiger partial charge in [0, 0.05) is 17.8 Å². The molecule has 0 saturated heterocycles. The number of aromatic nitrogens is 4. The van der Waals surface area contributed by atoms with Crippen LogP contribution in [0.2, 0.25) is 0 Å². The Balaban J connectivity index is 1.96. The molecule has 0 fully saturated rings. The Morgan fingerprint density at radius 1 is 1.25 bits per heavy atom. The fourth-order valence-electron chi connectivity index (χ4n) is 2.43. The number of anilines is 3. The van der Waals surface area contributed by atoms with Gasteiger partial charge in [-0.1, -0.05) is 11.3 Å². The van der Waals surface area contributed by atoms with Crippen molar-refractivity contribution < 1.29 is 9.18 Å². The largest absolute Gasteiger partial charge is 0.365 e. The number of primary amides is 1. The SMILES string of the molecule is C[C@H](N)[C@@H](C)Nc1nc(Nc2cccc(-n3ccnn3)c2)c(C(N)=O)cc1F. The highest BCUT2D eigenvalue weighted by molar-refractivity contribution is 5.98. The molecule has 146 valence electrons. The summed E-state index contributed by atoms with van der Waals surface area (Å²) in [7, 11) is 0. The Hall–Kier alpha value is -3.53. The molecule has 0 aliphatic rings. The van der Waals surface area contributed by atoms with Crippen LogP contribution in [0.15, 0.2) is 42.7 Å². The van der Waals surface area contributed by atoms with E-state index in [1.165, 1.54) is 0 Å². The third-order valence-corrected chi connectivity index (χ3v) is 4.19. The lowest BCUT2D eigenvalue weighted by Crippen LogP contribution is -2.35. The van der Waals surface area contributed by atoms with Gasteiger partial charge >= 0.3 is 0 Å². The van der Waals surface area contributed by atoms with Gasteiger partial charge in [-0.2, -0.15) is 0 Å². The highest BCUT2D eigenvalue weighted by Crippen LogP contribution is 2.25. The molecule has 0 bridgehead atoms. The lowest BCUT2D eigenvalue weighted by molar-refractivity contribution is 0.100. The topological polar surface area (TPSA) is 137 Å². The van der Waals surface area contributed by atoms with E-state index in [0.717, 1.165) is 11.8 Å². The summed E-state index contributed by atoms with van der Waals surface area (Å²) < 4.78 is 16.0. The number of rotatable bonds is 7. The average Bonchev–Trinajstić information content (AvgIpc) is 3.19. The highest BCUT2D eigenvalue weighted by atomic mass is 19.1. The molecule has 0 aliphatic heterocycles. The van der Waals surface area contributed by atoms with Crippen LogP contribution >= 0.6 is 0 Å². The number of carbonyl (C=O) groups is 1. The minimum absolute atomic E-state index is 0.0234. The van der Waals surface area contributed by atoms with E-state index in [1.807, 2.05) is 13.0 Å². The van der Waals surface area contributed by atoms with Crippen molar-refractivity contribution in [3.05, 3.63) is 54.1 Å². The van der Waals surface area contributed by atoms with Crippen LogP contribution in [0.4, 0.5) is 21.7 Å². The summed E-state index contributed by atoms with van der Waals surface area (Å²) in [6, 6.07) is 7.78. The van der Waals surface area contributed by atoms with Crippen molar-refractivity contribution in [3.63, 3.8) is 0 Å². The van der Waals surface area contributed by atoms with Crippen LogP contribution in [0.1, 0.15) is 24.2 Å². The first-order chi connectivity index (χ1) is 13.3. The van der Waals surface area contributed by atoms with Crippen LogP contribution < -0.4 is 22.1 Å². The Kier molecular flexibility index (Phi) is 5.50. The maximum Gasteiger partial charge on any atom is 0.252 e. The normalized spacial score (nSPS) is 13.0. The van der Waals surface area contributed by atoms with Gasteiger partial charge in [-0.25, -0.2) is 14.1 Å². The Morgan fingerprint density at radius 2 is 2.04 bits per heavy atom. The summed E-state index contributed by atoms with van der Waals surface area (Å²) in [5.41, 5.74) is 12.5. The van der Waals surface area contributed by atoms with E-state index in [4.69, 9.17) is 11.5 Å². The monoisotopic (exact) mass is 384 g/mol. The van der Waals surface area contributed by atoms with E-state index in [0.29, 0.717) is 5.69 Å². The van der Waals surface area contributed by atoms with Crippen LogP contribution in [0.5, 0.6) is 0 Å². The van der Waals surface area contributed by atoms with Crippen molar-refractivity contribution in [3.8, 4) is 5.69 Å². The number of pyridine rings is 1. The number of nitrogens with zero attached hydrogens (tertiary/aromatic N) is 4. The van der Waals surface area contributed by atoms with E-state index >= 15 is 0 Å². The summed E-state index contributed by atoms with van der Waals surface area (Å²) in [6.07, 6.45) is 3.26. The molecule has 10 heteroatoms. The molecule has 1 aromatic carbocycles. The minimum atomic E-state index is -0.798. The zero-order chi connectivity index (χ0) is 20.3. The number of hydrogen-bond donors (Lipinski definition) is 4. The van der Waals surface area contributed by atoms with Gasteiger partial charge in [0.15, 0.2) is 11.6 Å². The standard InChI is InChI=1S/C18H21FN8O/c1-10(20)11(2)23-18-15(19)9-14(16(21)28)17(25-18)24-12-4-3-5-13(8-12)27-7-6-22-26-27/h3-11H,20H2,1-2H3,(H2,21,28)(H2,23,24,25)/t10-,11+/m0/s1. The van der Waals surface area contributed by atoms with E-state index < -0.39 is 11.7 Å². The number of carbonyl (C=O) groups excluding carboxylic acids is 1. The molecule has 0 spiro atoms. The molecular weight excluding hydrogens is 363 g/mol. The van der Waals surface area contributed by atoms with E-state index in [1.54, 1.807) is 42.2 Å². The predicted molar refractivity (Wildman–Crippen MR) is 104 cm³/mol. The summed E-state index contributed by atoms with van der Waals surface area (Å²) in [5.74, 6) is -1.38. The first-order valence-corrected chi connectivity index (χ1v) is 8.61. The number of benzene rings is 1. The predicted octanol–water partition coefficient (Wildman–Crippen LogP) is 1.79. The second kappa shape index (κ2) is 8.01. The van der Waals surface area contributed by atoms with Gasteiger partial charge in [-0.05, 0) is 38.1 Å². The van der Waals surface area contributed by atoms with Gasteiger partial charge in [0.05, 0.1) is 23.6 Å². The summed E-state index contributed by atoms with van der Waals surface area (Å²) >= 11 is 0. The molecule has 3 rings (SSSR count). The molecule has 2 atom stereocenters. The van der Waals surface area contributed by atoms with Crippen molar-refractivity contribution in [2.24, 2.45) is 11.5 Å². The molecule has 9 nitrogen and oxygen atoms in total. The number of hydrogen-bond acceptors (Lipinski definition) is 7. The van der Waals surface area contributed by atoms with E-state index in [9.17, 15) is 9.18 Å². The molecule has 1 amide bonds. The number of halogens is 1. The van der Waals surface area contributed by atoms with Crippen LogP contribution in [0.3, 0.4) is 0 Å². The summed E-state index contributed by atoms with van der Waals surface area (Å²) in [4.78, 5) is 16.0. The molecule has 2 aromatic heterocycles. The first-order valence-electron chi connectivity index (χ1n) is 8.61. The quantitative estimate of drug-likeness (QED) is 0.487. The van der Waals surface area contributed by atoms with Crippen molar-refractivity contribution in [1.82, 2.24) is 20.0 Å². The van der Waals surface area contributed by atoms with Crippen molar-refractivity contribution in [1.29, 1.82) is 0 Å². The second-order valence-electron chi connectivity index (χ2n) is 6.39.